The topological polar surface area (TPSA) is 0 Å². The van der Waals surface area contributed by atoms with Crippen LogP contribution in [-0.2, 0) is 0 Å². The molecule has 0 N–H and O–H groups in total. The molecule has 1 unspecified atom stereocenters. The minimum absolute atomic E-state index is 0.597. The van der Waals surface area contributed by atoms with Gasteiger partial charge in [0.05, 0.1) is 0 Å². The van der Waals surface area contributed by atoms with Crippen molar-refractivity contribution in [1.82, 2.24) is 0 Å². The third-order valence-electron chi connectivity index (χ3n) is 2.61. The zero-order valence-electron chi connectivity index (χ0n) is 11.3. The first-order chi connectivity index (χ1) is 7.56. The Hall–Kier alpha value is -1.00. The maximum absolute atomic E-state index is 3.60. The van der Waals surface area contributed by atoms with Crippen LogP contribution in [0.4, 0.5) is 0 Å². The Labute approximate surface area is 101 Å². The minimum atomic E-state index is 0.597. The smallest absolute Gasteiger partial charge is 0.0183 e. The van der Waals surface area contributed by atoms with E-state index in [9.17, 15) is 0 Å². The summed E-state index contributed by atoms with van der Waals surface area (Å²) in [6.07, 6.45) is 11.4. The highest BCUT2D eigenvalue weighted by atomic mass is 14.0. The average Bonchev–Trinajstić information content (AvgIpc) is 2.17. The summed E-state index contributed by atoms with van der Waals surface area (Å²) in [6.45, 7) is 12.4. The van der Waals surface area contributed by atoms with Crippen molar-refractivity contribution in [3.05, 3.63) is 41.7 Å². The summed E-state index contributed by atoms with van der Waals surface area (Å²) in [5.74, 6) is 0.597. The molecule has 0 nitrogen and oxygen atoms in total. The lowest BCUT2D eigenvalue weighted by atomic mass is 10.0. The molecule has 0 aromatic rings. The molecule has 16 heavy (non-hydrogen) atoms. The zero-order valence-corrected chi connectivity index (χ0v) is 11.3. The second-order valence-corrected chi connectivity index (χ2v) is 4.80. The fourth-order valence-corrected chi connectivity index (χ4v) is 1.57. The van der Waals surface area contributed by atoms with E-state index in [-0.39, 0.29) is 0 Å². The van der Waals surface area contributed by atoms with E-state index in [2.05, 4.69) is 52.2 Å². The van der Waals surface area contributed by atoms with Crippen LogP contribution in [-0.4, -0.2) is 0 Å². The van der Waals surface area contributed by atoms with Crippen molar-refractivity contribution in [3.63, 3.8) is 0 Å². The quantitative estimate of drug-likeness (QED) is 0.394. The third kappa shape index (κ3) is 9.55. The summed E-state index contributed by atoms with van der Waals surface area (Å²) in [4.78, 5) is 0. The monoisotopic (exact) mass is 218 g/mol. The maximum Gasteiger partial charge on any atom is -0.0183 e. The summed E-state index contributed by atoms with van der Waals surface area (Å²) < 4.78 is 0. The molecular weight excluding hydrogens is 192 g/mol. The van der Waals surface area contributed by atoms with Crippen LogP contribution >= 0.6 is 0 Å². The number of hydrogen-bond acceptors (Lipinski definition) is 0. The van der Waals surface area contributed by atoms with Crippen molar-refractivity contribution in [1.29, 1.82) is 0 Å². The molecule has 0 heteroatoms. The second-order valence-electron chi connectivity index (χ2n) is 4.80. The van der Waals surface area contributed by atoms with Crippen molar-refractivity contribution in [2.45, 2.75) is 53.4 Å². The molecule has 0 fully saturated rings. The predicted molar refractivity (Wildman–Crippen MR) is 74.5 cm³/mol. The molecule has 0 bridgehead atoms. The average molecular weight is 218 g/mol. The van der Waals surface area contributed by atoms with Gasteiger partial charge in [0.15, 0.2) is 0 Å². The van der Waals surface area contributed by atoms with Crippen molar-refractivity contribution in [3.8, 4) is 0 Å². The van der Waals surface area contributed by atoms with E-state index in [1.165, 1.54) is 36.8 Å². The summed E-state index contributed by atoms with van der Waals surface area (Å²) in [6, 6.07) is 0. The molecule has 0 aromatic carbocycles. The van der Waals surface area contributed by atoms with E-state index < -0.39 is 0 Å². The van der Waals surface area contributed by atoms with E-state index in [1.54, 1.807) is 0 Å². The molecule has 0 aliphatic rings. The molecule has 1 atom stereocenters. The van der Waals surface area contributed by atoms with Crippen molar-refractivity contribution in [2.24, 2.45) is 5.92 Å². The number of hydrogen-bond donors (Lipinski definition) is 0. The van der Waals surface area contributed by atoms with Gasteiger partial charge in [-0.05, 0) is 58.4 Å². The first kappa shape index (κ1) is 15.0. The lowest BCUT2D eigenvalue weighted by Gasteiger charge is -2.03. The van der Waals surface area contributed by atoms with Gasteiger partial charge in [0.1, 0.15) is 0 Å². The van der Waals surface area contributed by atoms with Gasteiger partial charge < -0.3 is 0 Å². The Kier molecular flexibility index (Phi) is 8.66. The van der Waals surface area contributed by atoms with Gasteiger partial charge in [-0.2, -0.15) is 0 Å². The molecule has 90 valence electrons. The van der Waals surface area contributed by atoms with Gasteiger partial charge in [0.25, 0.3) is 0 Å². The molecule has 0 aromatic heterocycles. The standard InChI is InChI=1S/C16H26/c1-6-9-15(4)12-8-13-16(5)11-7-10-14(2)3/h9-10,13,15H,1,7-8,11-12H2,2-5H3/b16-13+. The second kappa shape index (κ2) is 9.24. The van der Waals surface area contributed by atoms with E-state index in [1.807, 2.05) is 6.08 Å². The molecule has 0 amide bonds. The van der Waals surface area contributed by atoms with E-state index in [0.717, 1.165) is 0 Å². The molecule has 0 saturated heterocycles. The summed E-state index contributed by atoms with van der Waals surface area (Å²) in [5.41, 5.74) is 5.77. The van der Waals surface area contributed by atoms with Crippen LogP contribution < -0.4 is 0 Å². The van der Waals surface area contributed by atoms with Crippen LogP contribution in [0.25, 0.3) is 0 Å². The summed E-state index contributed by atoms with van der Waals surface area (Å²) >= 11 is 0. The highest BCUT2D eigenvalue weighted by Crippen LogP contribution is 2.12. The van der Waals surface area contributed by atoms with Gasteiger partial charge in [-0.25, -0.2) is 0 Å². The predicted octanol–water partition coefficient (Wildman–Crippen LogP) is 5.44. The van der Waals surface area contributed by atoms with Crippen LogP contribution in [0.5, 0.6) is 0 Å². The number of rotatable bonds is 7. The third-order valence-corrected chi connectivity index (χ3v) is 2.61. The fraction of sp³-hybridized carbons (Fsp3) is 0.562. The largest absolute Gasteiger partial charge is 0.133 e. The Balaban J connectivity index is 3.78. The Morgan fingerprint density at radius 2 is 1.88 bits per heavy atom. The van der Waals surface area contributed by atoms with Gasteiger partial charge in [-0.3, -0.25) is 0 Å². The van der Waals surface area contributed by atoms with Gasteiger partial charge in [0.2, 0.25) is 0 Å². The van der Waals surface area contributed by atoms with Gasteiger partial charge in [0, 0.05) is 0 Å². The van der Waals surface area contributed by atoms with Crippen molar-refractivity contribution in [2.75, 3.05) is 0 Å². The SMILES string of the molecule is C=C=CC(C)CC/C=C(\C)CCC=C(C)C. The highest BCUT2D eigenvalue weighted by Gasteiger charge is 1.95. The first-order valence-electron chi connectivity index (χ1n) is 6.21. The van der Waals surface area contributed by atoms with Crippen molar-refractivity contribution >= 4 is 0 Å². The lowest BCUT2D eigenvalue weighted by Crippen LogP contribution is -1.87. The lowest BCUT2D eigenvalue weighted by molar-refractivity contribution is 0.656. The highest BCUT2D eigenvalue weighted by molar-refractivity contribution is 5.02. The van der Waals surface area contributed by atoms with Crippen LogP contribution in [0.2, 0.25) is 0 Å². The molecule has 0 radical (unpaired) electrons. The van der Waals surface area contributed by atoms with Crippen LogP contribution in [0.15, 0.2) is 41.7 Å². The summed E-state index contributed by atoms with van der Waals surface area (Å²) in [7, 11) is 0. The number of allylic oxidation sites excluding steroid dienone is 5. The Bertz CT molecular complexity index is 281. The van der Waals surface area contributed by atoms with Crippen LogP contribution in [0.1, 0.15) is 53.4 Å². The fourth-order valence-electron chi connectivity index (χ4n) is 1.57. The maximum atomic E-state index is 3.60. The normalized spacial score (nSPS) is 12.9. The summed E-state index contributed by atoms with van der Waals surface area (Å²) in [5, 5.41) is 0. The zero-order chi connectivity index (χ0) is 12.4. The molecule has 0 saturated carbocycles. The molecule has 0 heterocycles. The van der Waals surface area contributed by atoms with Crippen molar-refractivity contribution < 1.29 is 0 Å². The van der Waals surface area contributed by atoms with Crippen LogP contribution in [0, 0.1) is 5.92 Å². The van der Waals surface area contributed by atoms with Gasteiger partial charge in [-0.1, -0.05) is 36.8 Å². The van der Waals surface area contributed by atoms with Gasteiger partial charge >= 0.3 is 0 Å². The Morgan fingerprint density at radius 1 is 1.19 bits per heavy atom. The van der Waals surface area contributed by atoms with Crippen LogP contribution in [0.3, 0.4) is 0 Å². The molecular formula is C16H26. The molecule has 0 rings (SSSR count). The van der Waals surface area contributed by atoms with E-state index >= 15 is 0 Å². The molecule has 0 spiro atoms. The Morgan fingerprint density at radius 3 is 2.44 bits per heavy atom. The molecule has 0 aliphatic carbocycles. The van der Waals surface area contributed by atoms with E-state index in [0.29, 0.717) is 5.92 Å². The van der Waals surface area contributed by atoms with Gasteiger partial charge in [-0.15, -0.1) is 5.73 Å². The molecule has 0 aliphatic heterocycles. The van der Waals surface area contributed by atoms with E-state index in [4.69, 9.17) is 0 Å². The minimum Gasteiger partial charge on any atom is -0.133 e. The first-order valence-corrected chi connectivity index (χ1v) is 6.21.